The second-order valence-corrected chi connectivity index (χ2v) is 4.79. The van der Waals surface area contributed by atoms with E-state index in [1.807, 2.05) is 0 Å². The first-order valence-corrected chi connectivity index (χ1v) is 6.90. The molecule has 0 aromatic heterocycles. The summed E-state index contributed by atoms with van der Waals surface area (Å²) >= 11 is 5.78. The van der Waals surface area contributed by atoms with Crippen molar-refractivity contribution >= 4 is 23.2 Å². The first-order chi connectivity index (χ1) is 10.6. The number of hydrogen-bond acceptors (Lipinski definition) is 4. The molecule has 2 rings (SSSR count). The average Bonchev–Trinajstić information content (AvgIpc) is 2.54. The lowest BCUT2D eigenvalue weighted by atomic mass is 10.2. The number of ether oxygens (including phenoxy) is 3. The fourth-order valence-corrected chi connectivity index (χ4v) is 1.90. The van der Waals surface area contributed by atoms with Crippen molar-refractivity contribution in [3.63, 3.8) is 0 Å². The van der Waals surface area contributed by atoms with Gasteiger partial charge in [0, 0.05) is 11.1 Å². The van der Waals surface area contributed by atoms with Crippen molar-refractivity contribution in [3.8, 4) is 17.2 Å². The maximum Gasteiger partial charge on any atom is 0.262 e. The lowest BCUT2D eigenvalue weighted by Gasteiger charge is -2.12. The van der Waals surface area contributed by atoms with Crippen molar-refractivity contribution in [1.82, 2.24) is 0 Å². The van der Waals surface area contributed by atoms with Gasteiger partial charge in [-0.25, -0.2) is 0 Å². The third kappa shape index (κ3) is 4.30. The summed E-state index contributed by atoms with van der Waals surface area (Å²) in [5, 5.41) is 3.33. The van der Waals surface area contributed by atoms with E-state index < -0.39 is 0 Å². The summed E-state index contributed by atoms with van der Waals surface area (Å²) in [6.45, 7) is -0.123. The molecule has 0 spiro atoms. The van der Waals surface area contributed by atoms with Gasteiger partial charge in [-0.1, -0.05) is 11.6 Å². The van der Waals surface area contributed by atoms with Crippen LogP contribution in [0.5, 0.6) is 17.2 Å². The van der Waals surface area contributed by atoms with Crippen LogP contribution in [0.25, 0.3) is 0 Å². The molecule has 0 aliphatic rings. The van der Waals surface area contributed by atoms with Crippen LogP contribution in [0.4, 0.5) is 5.69 Å². The number of methoxy groups -OCH3 is 2. The van der Waals surface area contributed by atoms with Crippen LogP contribution in [0.1, 0.15) is 0 Å². The first-order valence-electron chi connectivity index (χ1n) is 6.52. The van der Waals surface area contributed by atoms with E-state index in [0.717, 1.165) is 0 Å². The zero-order valence-corrected chi connectivity index (χ0v) is 13.0. The van der Waals surface area contributed by atoms with E-state index in [9.17, 15) is 4.79 Å². The zero-order valence-electron chi connectivity index (χ0n) is 12.3. The number of carbonyl (C=O) groups excluding carboxylic acids is 1. The van der Waals surface area contributed by atoms with Crippen LogP contribution in [0.15, 0.2) is 42.5 Å². The number of nitrogens with one attached hydrogen (secondary N) is 1. The molecule has 22 heavy (non-hydrogen) atoms. The minimum absolute atomic E-state index is 0.123. The smallest absolute Gasteiger partial charge is 0.262 e. The van der Waals surface area contributed by atoms with E-state index in [1.54, 1.807) is 49.6 Å². The molecule has 6 heteroatoms. The van der Waals surface area contributed by atoms with Gasteiger partial charge in [-0.2, -0.15) is 0 Å². The van der Waals surface area contributed by atoms with Gasteiger partial charge in [0.1, 0.15) is 17.2 Å². The van der Waals surface area contributed by atoms with E-state index in [1.165, 1.54) is 7.11 Å². The molecule has 0 atom stereocenters. The van der Waals surface area contributed by atoms with Crippen molar-refractivity contribution in [1.29, 1.82) is 0 Å². The number of benzene rings is 2. The normalized spacial score (nSPS) is 9.95. The zero-order chi connectivity index (χ0) is 15.9. The Morgan fingerprint density at radius 2 is 1.73 bits per heavy atom. The van der Waals surface area contributed by atoms with Crippen LogP contribution >= 0.6 is 11.6 Å². The van der Waals surface area contributed by atoms with Gasteiger partial charge in [-0.05, 0) is 36.4 Å². The molecule has 0 saturated carbocycles. The summed E-state index contributed by atoms with van der Waals surface area (Å²) < 4.78 is 15.7. The Morgan fingerprint density at radius 1 is 1.05 bits per heavy atom. The second kappa shape index (κ2) is 7.56. The van der Waals surface area contributed by atoms with Crippen LogP contribution in [0.2, 0.25) is 5.02 Å². The van der Waals surface area contributed by atoms with E-state index in [4.69, 9.17) is 25.8 Å². The van der Waals surface area contributed by atoms with E-state index in [0.29, 0.717) is 28.0 Å². The molecule has 0 heterocycles. The number of hydrogen-bond donors (Lipinski definition) is 1. The molecule has 2 aromatic carbocycles. The highest BCUT2D eigenvalue weighted by molar-refractivity contribution is 6.30. The number of carbonyl (C=O) groups is 1. The summed E-state index contributed by atoms with van der Waals surface area (Å²) in [7, 11) is 3.08. The monoisotopic (exact) mass is 321 g/mol. The van der Waals surface area contributed by atoms with Crippen LogP contribution in [-0.4, -0.2) is 26.7 Å². The van der Waals surface area contributed by atoms with Crippen LogP contribution < -0.4 is 19.5 Å². The third-order valence-corrected chi connectivity index (χ3v) is 3.12. The topological polar surface area (TPSA) is 56.8 Å². The van der Waals surface area contributed by atoms with Crippen molar-refractivity contribution in [2.45, 2.75) is 0 Å². The van der Waals surface area contributed by atoms with Gasteiger partial charge in [0.15, 0.2) is 6.61 Å². The molecule has 0 unspecified atom stereocenters. The molecule has 0 aliphatic carbocycles. The Kier molecular flexibility index (Phi) is 5.49. The fraction of sp³-hybridized carbons (Fsp3) is 0.188. The molecule has 5 nitrogen and oxygen atoms in total. The minimum Gasteiger partial charge on any atom is -0.497 e. The Balaban J connectivity index is 1.98. The van der Waals surface area contributed by atoms with Crippen molar-refractivity contribution in [2.24, 2.45) is 0 Å². The molecule has 0 bridgehead atoms. The van der Waals surface area contributed by atoms with E-state index >= 15 is 0 Å². The van der Waals surface area contributed by atoms with Gasteiger partial charge in [-0.15, -0.1) is 0 Å². The Bertz CT molecular complexity index is 643. The Morgan fingerprint density at radius 3 is 2.36 bits per heavy atom. The van der Waals surface area contributed by atoms with Gasteiger partial charge >= 0.3 is 0 Å². The molecule has 116 valence electrons. The molecule has 0 fully saturated rings. The molecule has 0 radical (unpaired) electrons. The number of amides is 1. The summed E-state index contributed by atoms with van der Waals surface area (Å²) in [6, 6.07) is 11.9. The highest BCUT2D eigenvalue weighted by atomic mass is 35.5. The maximum absolute atomic E-state index is 12.0. The van der Waals surface area contributed by atoms with E-state index in [2.05, 4.69) is 5.32 Å². The quantitative estimate of drug-likeness (QED) is 0.886. The van der Waals surface area contributed by atoms with Gasteiger partial charge < -0.3 is 19.5 Å². The number of rotatable bonds is 6. The van der Waals surface area contributed by atoms with E-state index in [-0.39, 0.29) is 12.5 Å². The average molecular weight is 322 g/mol. The highest BCUT2D eigenvalue weighted by Crippen LogP contribution is 2.28. The second-order valence-electron chi connectivity index (χ2n) is 4.36. The molecule has 2 aromatic rings. The van der Waals surface area contributed by atoms with Gasteiger partial charge in [-0.3, -0.25) is 4.79 Å². The van der Waals surface area contributed by atoms with Crippen LogP contribution in [-0.2, 0) is 4.79 Å². The highest BCUT2D eigenvalue weighted by Gasteiger charge is 2.09. The molecule has 0 aliphatic heterocycles. The van der Waals surface area contributed by atoms with Gasteiger partial charge in [0.2, 0.25) is 0 Å². The predicted molar refractivity (Wildman–Crippen MR) is 85.1 cm³/mol. The first kappa shape index (κ1) is 16.0. The van der Waals surface area contributed by atoms with Crippen molar-refractivity contribution in [3.05, 3.63) is 47.5 Å². The Hall–Kier alpha value is -2.40. The maximum atomic E-state index is 12.0. The van der Waals surface area contributed by atoms with Gasteiger partial charge in [0.05, 0.1) is 19.9 Å². The molecule has 1 amide bonds. The van der Waals surface area contributed by atoms with Gasteiger partial charge in [0.25, 0.3) is 5.91 Å². The lowest BCUT2D eigenvalue weighted by Crippen LogP contribution is -2.20. The van der Waals surface area contributed by atoms with Crippen molar-refractivity contribution < 1.29 is 19.0 Å². The Labute approximate surface area is 133 Å². The lowest BCUT2D eigenvalue weighted by molar-refractivity contribution is -0.118. The third-order valence-electron chi connectivity index (χ3n) is 2.86. The molecule has 0 saturated heterocycles. The van der Waals surface area contributed by atoms with Crippen molar-refractivity contribution in [2.75, 3.05) is 26.1 Å². The largest absolute Gasteiger partial charge is 0.497 e. The standard InChI is InChI=1S/C16H16ClNO4/c1-20-13-7-8-15(21-2)14(9-13)18-16(19)10-22-12-5-3-11(17)4-6-12/h3-9H,10H2,1-2H3,(H,18,19). The fourth-order valence-electron chi connectivity index (χ4n) is 1.78. The van der Waals surface area contributed by atoms with Crippen LogP contribution in [0, 0.1) is 0 Å². The summed E-state index contributed by atoms with van der Waals surface area (Å²) in [4.78, 5) is 12.0. The molecular weight excluding hydrogens is 306 g/mol. The summed E-state index contributed by atoms with van der Waals surface area (Å²) in [6.07, 6.45) is 0. The summed E-state index contributed by atoms with van der Waals surface area (Å²) in [5.41, 5.74) is 0.520. The summed E-state index contributed by atoms with van der Waals surface area (Å²) in [5.74, 6) is 1.43. The predicted octanol–water partition coefficient (Wildman–Crippen LogP) is 3.37. The van der Waals surface area contributed by atoms with Crippen LogP contribution in [0.3, 0.4) is 0 Å². The number of anilines is 1. The number of halogens is 1. The minimum atomic E-state index is -0.304. The molecular formula is C16H16ClNO4. The SMILES string of the molecule is COc1ccc(OC)c(NC(=O)COc2ccc(Cl)cc2)c1. The molecule has 1 N–H and O–H groups in total.